The molecule has 0 saturated carbocycles. The first kappa shape index (κ1) is 18.7. The number of benzene rings is 2. The van der Waals surface area contributed by atoms with E-state index in [1.807, 2.05) is 5.48 Å². The Balaban J connectivity index is 2.20. The number of carboxylic acid groups (broad SMARTS) is 1. The van der Waals surface area contributed by atoms with Gasteiger partial charge in [0.15, 0.2) is 6.61 Å². The number of amides is 2. The Morgan fingerprint density at radius 2 is 1.65 bits per heavy atom. The summed E-state index contributed by atoms with van der Waals surface area (Å²) in [6, 6.07) is 14.2. The summed E-state index contributed by atoms with van der Waals surface area (Å²) in [4.78, 5) is 39.5. The lowest BCUT2D eigenvalue weighted by Gasteiger charge is -2.10. The van der Waals surface area contributed by atoms with Crippen LogP contribution >= 0.6 is 0 Å². The van der Waals surface area contributed by atoms with Gasteiger partial charge in [-0.25, -0.2) is 10.3 Å². The van der Waals surface area contributed by atoms with Gasteiger partial charge < -0.3 is 15.5 Å². The maximum Gasteiger partial charge on any atom is 0.332 e. The fraction of sp³-hybridized carbons (Fsp3) is 0.0556. The average molecular weight is 356 g/mol. The number of hydrogen-bond acceptors (Lipinski definition) is 5. The van der Waals surface area contributed by atoms with Crippen LogP contribution in [0.4, 0.5) is 0 Å². The van der Waals surface area contributed by atoms with Crippen molar-refractivity contribution in [1.29, 1.82) is 0 Å². The van der Waals surface area contributed by atoms with Gasteiger partial charge in [-0.3, -0.25) is 14.4 Å². The monoisotopic (exact) mass is 356 g/mol. The van der Waals surface area contributed by atoms with E-state index in [4.69, 9.17) is 5.11 Å². The molecule has 0 bridgehead atoms. The number of carbonyl (C=O) groups is 3. The first-order valence-corrected chi connectivity index (χ1v) is 7.47. The van der Waals surface area contributed by atoms with Crippen LogP contribution in [0.5, 0.6) is 5.75 Å². The number of phenols is 1. The Kier molecular flexibility index (Phi) is 6.47. The van der Waals surface area contributed by atoms with Crippen molar-refractivity contribution in [2.24, 2.45) is 0 Å². The van der Waals surface area contributed by atoms with Crippen molar-refractivity contribution in [1.82, 2.24) is 10.8 Å². The quantitative estimate of drug-likeness (QED) is 0.438. The largest absolute Gasteiger partial charge is 0.508 e. The van der Waals surface area contributed by atoms with Crippen LogP contribution in [0.1, 0.15) is 15.9 Å². The van der Waals surface area contributed by atoms with Crippen LogP contribution in [-0.2, 0) is 14.4 Å². The highest BCUT2D eigenvalue weighted by atomic mass is 16.7. The van der Waals surface area contributed by atoms with E-state index in [9.17, 15) is 19.5 Å². The molecule has 0 fully saturated rings. The highest BCUT2D eigenvalue weighted by molar-refractivity contribution is 6.05. The second kappa shape index (κ2) is 9.00. The lowest BCUT2D eigenvalue weighted by atomic mass is 10.1. The third kappa shape index (κ3) is 5.77. The van der Waals surface area contributed by atoms with Crippen molar-refractivity contribution in [3.63, 3.8) is 0 Å². The predicted molar refractivity (Wildman–Crippen MR) is 91.7 cm³/mol. The summed E-state index contributed by atoms with van der Waals surface area (Å²) in [7, 11) is 0. The van der Waals surface area contributed by atoms with Crippen molar-refractivity contribution in [2.45, 2.75) is 0 Å². The standard InChI is InChI=1S/C18H16N2O6/c21-14-8-6-12(7-9-14)10-15(18(25)20-26-11-16(22)23)19-17(24)13-4-2-1-3-5-13/h1-10,21H,11H2,(H,19,24)(H,20,25)(H,22,23)/b15-10-. The summed E-state index contributed by atoms with van der Waals surface area (Å²) < 4.78 is 0. The minimum absolute atomic E-state index is 0.0475. The van der Waals surface area contributed by atoms with Crippen LogP contribution in [0.15, 0.2) is 60.3 Å². The molecule has 2 amide bonds. The minimum Gasteiger partial charge on any atom is -0.508 e. The molecule has 0 aliphatic rings. The average Bonchev–Trinajstić information content (AvgIpc) is 2.63. The third-order valence-electron chi connectivity index (χ3n) is 3.09. The van der Waals surface area contributed by atoms with Gasteiger partial charge in [0.05, 0.1) is 0 Å². The fourth-order valence-corrected chi connectivity index (χ4v) is 1.90. The molecule has 134 valence electrons. The molecule has 26 heavy (non-hydrogen) atoms. The summed E-state index contributed by atoms with van der Waals surface area (Å²) in [5.74, 6) is -2.57. The molecule has 0 radical (unpaired) electrons. The number of hydrogen-bond donors (Lipinski definition) is 4. The van der Waals surface area contributed by atoms with Crippen molar-refractivity contribution < 1.29 is 29.4 Å². The van der Waals surface area contributed by atoms with Crippen molar-refractivity contribution in [3.8, 4) is 5.75 Å². The van der Waals surface area contributed by atoms with Crippen LogP contribution in [-0.4, -0.2) is 34.6 Å². The number of rotatable bonds is 7. The highest BCUT2D eigenvalue weighted by Gasteiger charge is 2.15. The van der Waals surface area contributed by atoms with E-state index >= 15 is 0 Å². The second-order valence-electron chi connectivity index (χ2n) is 5.08. The normalized spacial score (nSPS) is 10.8. The lowest BCUT2D eigenvalue weighted by molar-refractivity contribution is -0.148. The topological polar surface area (TPSA) is 125 Å². The summed E-state index contributed by atoms with van der Waals surface area (Å²) in [6.07, 6.45) is 1.36. The molecule has 4 N–H and O–H groups in total. The Bertz CT molecular complexity index is 815. The van der Waals surface area contributed by atoms with Crippen LogP contribution in [0, 0.1) is 0 Å². The van der Waals surface area contributed by atoms with Crippen LogP contribution in [0.25, 0.3) is 6.08 Å². The van der Waals surface area contributed by atoms with Gasteiger partial charge >= 0.3 is 5.97 Å². The molecular weight excluding hydrogens is 340 g/mol. The van der Waals surface area contributed by atoms with E-state index in [0.717, 1.165) is 0 Å². The van der Waals surface area contributed by atoms with Gasteiger partial charge in [0.2, 0.25) is 0 Å². The van der Waals surface area contributed by atoms with E-state index in [1.165, 1.54) is 30.3 Å². The highest BCUT2D eigenvalue weighted by Crippen LogP contribution is 2.12. The SMILES string of the molecule is O=C(O)CONC(=O)/C(=C/c1ccc(O)cc1)NC(=O)c1ccccc1. The fourth-order valence-electron chi connectivity index (χ4n) is 1.90. The molecular formula is C18H16N2O6. The van der Waals surface area contributed by atoms with Gasteiger partial charge in [0.25, 0.3) is 11.8 Å². The molecule has 0 aliphatic heterocycles. The zero-order valence-corrected chi connectivity index (χ0v) is 13.5. The molecule has 2 aromatic carbocycles. The number of aliphatic carboxylic acids is 1. The predicted octanol–water partition coefficient (Wildman–Crippen LogP) is 1.30. The minimum atomic E-state index is -1.26. The lowest BCUT2D eigenvalue weighted by Crippen LogP contribution is -2.35. The molecule has 0 saturated heterocycles. The molecule has 2 rings (SSSR count). The second-order valence-corrected chi connectivity index (χ2v) is 5.08. The first-order valence-electron chi connectivity index (χ1n) is 7.47. The summed E-state index contributed by atoms with van der Waals surface area (Å²) in [5.41, 5.74) is 2.66. The van der Waals surface area contributed by atoms with Gasteiger partial charge in [-0.2, -0.15) is 0 Å². The van der Waals surface area contributed by atoms with E-state index in [0.29, 0.717) is 11.1 Å². The Hall–Kier alpha value is -3.65. The molecule has 0 heterocycles. The third-order valence-corrected chi connectivity index (χ3v) is 3.09. The number of phenolic OH excluding ortho intramolecular Hbond substituents is 1. The van der Waals surface area contributed by atoms with Gasteiger partial charge in [0, 0.05) is 5.56 Å². The maximum absolute atomic E-state index is 12.3. The Labute approximate surface area is 148 Å². The van der Waals surface area contributed by atoms with Gasteiger partial charge in [-0.1, -0.05) is 30.3 Å². The zero-order valence-electron chi connectivity index (χ0n) is 13.5. The Morgan fingerprint density at radius 1 is 1.00 bits per heavy atom. The molecule has 2 aromatic rings. The molecule has 0 atom stereocenters. The maximum atomic E-state index is 12.3. The molecule has 8 heteroatoms. The van der Waals surface area contributed by atoms with Crippen molar-refractivity contribution in [3.05, 3.63) is 71.4 Å². The van der Waals surface area contributed by atoms with Crippen LogP contribution < -0.4 is 10.8 Å². The molecule has 0 unspecified atom stereocenters. The van der Waals surface area contributed by atoms with Gasteiger partial charge in [-0.05, 0) is 35.9 Å². The number of aromatic hydroxyl groups is 1. The van der Waals surface area contributed by atoms with Crippen LogP contribution in [0.2, 0.25) is 0 Å². The smallest absolute Gasteiger partial charge is 0.332 e. The summed E-state index contributed by atoms with van der Waals surface area (Å²) >= 11 is 0. The number of hydroxylamine groups is 1. The van der Waals surface area contributed by atoms with Crippen molar-refractivity contribution in [2.75, 3.05) is 6.61 Å². The summed E-state index contributed by atoms with van der Waals surface area (Å²) in [6.45, 7) is -0.731. The van der Waals surface area contributed by atoms with E-state index in [-0.39, 0.29) is 11.4 Å². The van der Waals surface area contributed by atoms with E-state index in [2.05, 4.69) is 10.2 Å². The molecule has 0 aromatic heterocycles. The van der Waals surface area contributed by atoms with Gasteiger partial charge in [0.1, 0.15) is 11.4 Å². The Morgan fingerprint density at radius 3 is 2.27 bits per heavy atom. The number of carbonyl (C=O) groups excluding carboxylic acids is 2. The first-order chi connectivity index (χ1) is 12.5. The van der Waals surface area contributed by atoms with Crippen LogP contribution in [0.3, 0.4) is 0 Å². The van der Waals surface area contributed by atoms with Crippen molar-refractivity contribution >= 4 is 23.9 Å². The molecule has 0 spiro atoms. The summed E-state index contributed by atoms with van der Waals surface area (Å²) in [5, 5.41) is 20.3. The molecule has 0 aliphatic carbocycles. The van der Waals surface area contributed by atoms with E-state index in [1.54, 1.807) is 30.3 Å². The molecule has 8 nitrogen and oxygen atoms in total. The number of nitrogens with one attached hydrogen (secondary N) is 2. The van der Waals surface area contributed by atoms with E-state index < -0.39 is 24.4 Å². The number of carboxylic acids is 1. The zero-order chi connectivity index (χ0) is 18.9. The van der Waals surface area contributed by atoms with Gasteiger partial charge in [-0.15, -0.1) is 0 Å².